The van der Waals surface area contributed by atoms with Crippen LogP contribution < -0.4 is 5.32 Å². The number of halogens is 1. The van der Waals surface area contributed by atoms with Gasteiger partial charge in [-0.05, 0) is 51.5 Å². The summed E-state index contributed by atoms with van der Waals surface area (Å²) in [6.07, 6.45) is 0.900. The zero-order valence-corrected chi connectivity index (χ0v) is 12.5. The van der Waals surface area contributed by atoms with Gasteiger partial charge >= 0.3 is 0 Å². The first kappa shape index (κ1) is 12.8. The molecule has 0 saturated carbocycles. The van der Waals surface area contributed by atoms with Crippen molar-refractivity contribution in [2.24, 2.45) is 0 Å². The number of amides is 1. The predicted octanol–water partition coefficient (Wildman–Crippen LogP) is 4.06. The van der Waals surface area contributed by atoms with Crippen molar-refractivity contribution >= 4 is 44.5 Å². The van der Waals surface area contributed by atoms with Crippen LogP contribution in [-0.4, -0.2) is 5.91 Å². The van der Waals surface area contributed by atoms with Gasteiger partial charge in [-0.25, -0.2) is 0 Å². The molecular weight excluding hydrogens is 318 g/mol. The second-order valence-corrected chi connectivity index (χ2v) is 6.98. The number of hydrogen-bond donors (Lipinski definition) is 1. The van der Waals surface area contributed by atoms with Crippen LogP contribution >= 0.6 is 38.6 Å². The predicted molar refractivity (Wildman–Crippen MR) is 76.9 cm³/mol. The van der Waals surface area contributed by atoms with Gasteiger partial charge in [-0.1, -0.05) is 6.92 Å². The molecule has 0 radical (unpaired) electrons. The molecule has 2 aromatic heterocycles. The molecule has 0 unspecified atom stereocenters. The van der Waals surface area contributed by atoms with E-state index < -0.39 is 0 Å². The summed E-state index contributed by atoms with van der Waals surface area (Å²) in [6, 6.07) is 6.03. The number of nitrogens with one attached hydrogen (secondary N) is 1. The number of carbonyl (C=O) groups is 1. The third-order valence-corrected chi connectivity index (χ3v) is 4.97. The molecule has 1 amide bonds. The van der Waals surface area contributed by atoms with Crippen LogP contribution in [0.1, 0.15) is 27.0 Å². The lowest BCUT2D eigenvalue weighted by molar-refractivity contribution is 0.0954. The van der Waals surface area contributed by atoms with Gasteiger partial charge in [0.15, 0.2) is 0 Å². The number of thiophene rings is 2. The Hall–Kier alpha value is -0.650. The fourth-order valence-electron chi connectivity index (χ4n) is 1.51. The zero-order chi connectivity index (χ0) is 12.3. The van der Waals surface area contributed by atoms with Gasteiger partial charge in [-0.2, -0.15) is 0 Å². The quantitative estimate of drug-likeness (QED) is 0.900. The second-order valence-electron chi connectivity index (χ2n) is 3.52. The molecule has 0 spiro atoms. The smallest absolute Gasteiger partial charge is 0.261 e. The van der Waals surface area contributed by atoms with Crippen LogP contribution in [0.3, 0.4) is 0 Å². The minimum Gasteiger partial charge on any atom is -0.346 e. The molecule has 0 atom stereocenters. The first-order chi connectivity index (χ1) is 8.20. The topological polar surface area (TPSA) is 29.1 Å². The lowest BCUT2D eigenvalue weighted by atomic mass is 10.2. The van der Waals surface area contributed by atoms with Crippen molar-refractivity contribution < 1.29 is 4.79 Å². The summed E-state index contributed by atoms with van der Waals surface area (Å²) < 4.78 is 1.09. The molecule has 0 aliphatic rings. The van der Waals surface area contributed by atoms with Crippen molar-refractivity contribution in [1.82, 2.24) is 5.32 Å². The molecule has 0 aliphatic heterocycles. The molecule has 0 bridgehead atoms. The van der Waals surface area contributed by atoms with Crippen molar-refractivity contribution in [3.63, 3.8) is 0 Å². The number of hydrogen-bond acceptors (Lipinski definition) is 3. The van der Waals surface area contributed by atoms with E-state index in [4.69, 9.17) is 0 Å². The van der Waals surface area contributed by atoms with Crippen LogP contribution in [0, 0.1) is 0 Å². The van der Waals surface area contributed by atoms with E-state index in [1.54, 1.807) is 11.3 Å². The highest BCUT2D eigenvalue weighted by molar-refractivity contribution is 9.11. The van der Waals surface area contributed by atoms with Crippen LogP contribution in [0.25, 0.3) is 0 Å². The monoisotopic (exact) mass is 329 g/mol. The van der Waals surface area contributed by atoms with E-state index in [0.717, 1.165) is 25.5 Å². The van der Waals surface area contributed by atoms with Crippen molar-refractivity contribution in [2.75, 3.05) is 0 Å². The van der Waals surface area contributed by atoms with Crippen LogP contribution in [0.4, 0.5) is 0 Å². The number of aryl methyl sites for hydroxylation is 1. The Labute approximate surface area is 117 Å². The van der Waals surface area contributed by atoms with Crippen LogP contribution in [0.5, 0.6) is 0 Å². The molecule has 2 rings (SSSR count). The first-order valence-corrected chi connectivity index (χ1v) is 7.78. The van der Waals surface area contributed by atoms with Gasteiger partial charge in [0.05, 0.1) is 15.2 Å². The maximum atomic E-state index is 12.0. The second kappa shape index (κ2) is 5.80. The summed E-state index contributed by atoms with van der Waals surface area (Å²) in [6.45, 7) is 2.66. The molecule has 17 heavy (non-hydrogen) atoms. The molecule has 0 aliphatic carbocycles. The molecule has 2 heterocycles. The van der Waals surface area contributed by atoms with E-state index in [9.17, 15) is 4.79 Å². The minimum absolute atomic E-state index is 0.0290. The Morgan fingerprint density at radius 3 is 2.88 bits per heavy atom. The highest BCUT2D eigenvalue weighted by atomic mass is 79.9. The lowest BCUT2D eigenvalue weighted by Gasteiger charge is -2.03. The summed E-state index contributed by atoms with van der Waals surface area (Å²) in [5.41, 5.74) is 1.12. The Morgan fingerprint density at radius 1 is 1.41 bits per heavy atom. The third kappa shape index (κ3) is 3.18. The molecule has 0 aromatic carbocycles. The van der Waals surface area contributed by atoms with Gasteiger partial charge in [0, 0.05) is 4.88 Å². The summed E-state index contributed by atoms with van der Waals surface area (Å²) in [7, 11) is 0. The zero-order valence-electron chi connectivity index (χ0n) is 9.33. The summed E-state index contributed by atoms with van der Waals surface area (Å²) in [5.74, 6) is 0.0290. The summed E-state index contributed by atoms with van der Waals surface area (Å²) >= 11 is 6.56. The van der Waals surface area contributed by atoms with Crippen LogP contribution in [-0.2, 0) is 13.0 Å². The van der Waals surface area contributed by atoms with Gasteiger partial charge < -0.3 is 5.32 Å². The maximum absolute atomic E-state index is 12.0. The Bertz CT molecular complexity index is 518. The van der Waals surface area contributed by atoms with E-state index in [1.165, 1.54) is 11.3 Å². The maximum Gasteiger partial charge on any atom is 0.261 e. The van der Waals surface area contributed by atoms with E-state index in [-0.39, 0.29) is 5.91 Å². The lowest BCUT2D eigenvalue weighted by Crippen LogP contribution is -2.22. The van der Waals surface area contributed by atoms with Gasteiger partial charge in [0.2, 0.25) is 0 Å². The van der Waals surface area contributed by atoms with Gasteiger partial charge in [0.1, 0.15) is 0 Å². The summed E-state index contributed by atoms with van der Waals surface area (Å²) in [5, 5.41) is 4.92. The molecule has 1 N–H and O–H groups in total. The van der Waals surface area contributed by atoms with Gasteiger partial charge in [-0.15, -0.1) is 22.7 Å². The molecule has 5 heteroatoms. The average molecular weight is 330 g/mol. The Balaban J connectivity index is 1.98. The van der Waals surface area contributed by atoms with Gasteiger partial charge in [-0.3, -0.25) is 4.79 Å². The fraction of sp³-hybridized carbons (Fsp3) is 0.250. The Kier molecular flexibility index (Phi) is 4.36. The van der Waals surface area contributed by atoms with E-state index in [1.807, 2.05) is 23.6 Å². The number of carbonyl (C=O) groups excluding carboxylic acids is 1. The highest BCUT2D eigenvalue weighted by Crippen LogP contribution is 2.22. The molecular formula is C12H12BrNOS2. The third-order valence-electron chi connectivity index (χ3n) is 2.39. The van der Waals surface area contributed by atoms with Crippen molar-refractivity contribution in [1.29, 1.82) is 0 Å². The molecule has 0 fully saturated rings. The fourth-order valence-corrected chi connectivity index (χ4v) is 3.84. The van der Waals surface area contributed by atoms with Gasteiger partial charge in [0.25, 0.3) is 5.91 Å². The highest BCUT2D eigenvalue weighted by Gasteiger charge is 2.11. The minimum atomic E-state index is 0.0290. The first-order valence-electron chi connectivity index (χ1n) is 5.29. The van der Waals surface area contributed by atoms with E-state index in [2.05, 4.69) is 28.2 Å². The molecule has 2 aromatic rings. The SMILES string of the molecule is CCc1ccsc1C(=O)NCc1ccc(Br)s1. The van der Waals surface area contributed by atoms with Crippen molar-refractivity contribution in [3.8, 4) is 0 Å². The van der Waals surface area contributed by atoms with E-state index >= 15 is 0 Å². The molecule has 2 nitrogen and oxygen atoms in total. The van der Waals surface area contributed by atoms with Crippen LogP contribution in [0.2, 0.25) is 0 Å². The van der Waals surface area contributed by atoms with Crippen LogP contribution in [0.15, 0.2) is 27.4 Å². The normalized spacial score (nSPS) is 10.5. The molecule has 90 valence electrons. The van der Waals surface area contributed by atoms with Crippen molar-refractivity contribution in [3.05, 3.63) is 42.7 Å². The average Bonchev–Trinajstić information content (AvgIpc) is 2.94. The standard InChI is InChI=1S/C12H12BrNOS2/c1-2-8-5-6-16-11(8)12(15)14-7-9-3-4-10(13)17-9/h3-6H,2,7H2,1H3,(H,14,15). The molecule has 0 saturated heterocycles. The number of rotatable bonds is 4. The summed E-state index contributed by atoms with van der Waals surface area (Å²) in [4.78, 5) is 13.9. The van der Waals surface area contributed by atoms with Crippen molar-refractivity contribution in [2.45, 2.75) is 19.9 Å². The van der Waals surface area contributed by atoms with E-state index in [0.29, 0.717) is 6.54 Å². The Morgan fingerprint density at radius 2 is 2.24 bits per heavy atom. The largest absolute Gasteiger partial charge is 0.346 e.